The van der Waals surface area contributed by atoms with Gasteiger partial charge in [-0.15, -0.1) is 0 Å². The number of halogens is 4. The van der Waals surface area contributed by atoms with Gasteiger partial charge in [0.15, 0.2) is 0 Å². The summed E-state index contributed by atoms with van der Waals surface area (Å²) in [6.07, 6.45) is 1.13. The molecule has 1 heterocycles. The molecule has 2 aromatic rings. The Bertz CT molecular complexity index is 880. The highest BCUT2D eigenvalue weighted by Crippen LogP contribution is 2.33. The van der Waals surface area contributed by atoms with Crippen LogP contribution in [0.5, 0.6) is 0 Å². The quantitative estimate of drug-likeness (QED) is 0.607. The number of carbonyl (C=O) groups is 2. The van der Waals surface area contributed by atoms with Gasteiger partial charge in [-0.2, -0.15) is 0 Å². The second-order valence-electron chi connectivity index (χ2n) is 6.31. The van der Waals surface area contributed by atoms with Gasteiger partial charge in [0.25, 0.3) is 5.91 Å². The first-order valence-corrected chi connectivity index (χ1v) is 9.86. The van der Waals surface area contributed by atoms with E-state index in [0.29, 0.717) is 57.3 Å². The molecule has 1 aliphatic heterocycles. The molecular weight excluding hydrogens is 430 g/mol. The van der Waals surface area contributed by atoms with Gasteiger partial charge in [-0.05, 0) is 43.2 Å². The fourth-order valence-electron chi connectivity index (χ4n) is 3.00. The maximum Gasteiger partial charge on any atom is 0.253 e. The number of benzene rings is 2. The molecule has 1 aliphatic rings. The lowest BCUT2D eigenvalue weighted by Gasteiger charge is -2.31. The van der Waals surface area contributed by atoms with Gasteiger partial charge in [0, 0.05) is 29.6 Å². The van der Waals surface area contributed by atoms with E-state index in [4.69, 9.17) is 46.4 Å². The Hall–Kier alpha value is -1.46. The standard InChI is InChI=1S/C19H16Cl4N2O2/c20-13-3-1-2-12(8-13)19(27)25-6-4-11(5-7-25)18(26)24-17-10-15(22)14(21)9-16(17)23/h1-3,8-11H,4-7H2,(H,24,26). The predicted octanol–water partition coefficient (Wildman–Crippen LogP) is 5.79. The third-order valence-corrected chi connectivity index (χ3v) is 5.76. The van der Waals surface area contributed by atoms with Crippen molar-refractivity contribution in [3.63, 3.8) is 0 Å². The number of anilines is 1. The number of hydrogen-bond acceptors (Lipinski definition) is 2. The molecule has 27 heavy (non-hydrogen) atoms. The maximum absolute atomic E-state index is 12.6. The van der Waals surface area contributed by atoms with Crippen LogP contribution in [-0.2, 0) is 4.79 Å². The van der Waals surface area contributed by atoms with Crippen LogP contribution in [0.1, 0.15) is 23.2 Å². The molecule has 4 nitrogen and oxygen atoms in total. The van der Waals surface area contributed by atoms with E-state index in [0.717, 1.165) is 0 Å². The molecule has 8 heteroatoms. The van der Waals surface area contributed by atoms with Gasteiger partial charge < -0.3 is 10.2 Å². The lowest BCUT2D eigenvalue weighted by molar-refractivity contribution is -0.121. The molecule has 1 fully saturated rings. The van der Waals surface area contributed by atoms with Gasteiger partial charge >= 0.3 is 0 Å². The summed E-state index contributed by atoms with van der Waals surface area (Å²) in [5.41, 5.74) is 0.974. The van der Waals surface area contributed by atoms with Gasteiger partial charge in [0.05, 0.1) is 20.8 Å². The summed E-state index contributed by atoms with van der Waals surface area (Å²) in [7, 11) is 0. The van der Waals surface area contributed by atoms with Gasteiger partial charge in [-0.3, -0.25) is 9.59 Å². The molecule has 1 N–H and O–H groups in total. The van der Waals surface area contributed by atoms with Crippen LogP contribution in [-0.4, -0.2) is 29.8 Å². The van der Waals surface area contributed by atoms with Crippen LogP contribution in [0.4, 0.5) is 5.69 Å². The van der Waals surface area contributed by atoms with Crippen LogP contribution in [0.15, 0.2) is 36.4 Å². The van der Waals surface area contributed by atoms with Crippen LogP contribution < -0.4 is 5.32 Å². The first kappa shape index (κ1) is 20.3. The number of nitrogens with zero attached hydrogens (tertiary/aromatic N) is 1. The number of nitrogens with one attached hydrogen (secondary N) is 1. The van der Waals surface area contributed by atoms with Crippen LogP contribution in [0.2, 0.25) is 20.1 Å². The molecule has 2 aromatic carbocycles. The number of rotatable bonds is 3. The molecule has 0 unspecified atom stereocenters. The van der Waals surface area contributed by atoms with Crippen molar-refractivity contribution in [1.29, 1.82) is 0 Å². The van der Waals surface area contributed by atoms with E-state index in [1.54, 1.807) is 29.2 Å². The number of likely N-dealkylation sites (tertiary alicyclic amines) is 1. The summed E-state index contributed by atoms with van der Waals surface area (Å²) >= 11 is 23.9. The lowest BCUT2D eigenvalue weighted by Crippen LogP contribution is -2.41. The van der Waals surface area contributed by atoms with E-state index in [1.165, 1.54) is 12.1 Å². The Morgan fingerprint density at radius 1 is 0.926 bits per heavy atom. The average molecular weight is 446 g/mol. The zero-order valence-electron chi connectivity index (χ0n) is 14.1. The summed E-state index contributed by atoms with van der Waals surface area (Å²) < 4.78 is 0. The van der Waals surface area contributed by atoms with Crippen LogP contribution >= 0.6 is 46.4 Å². The van der Waals surface area contributed by atoms with E-state index < -0.39 is 0 Å². The third-order valence-electron chi connectivity index (χ3n) is 4.49. The Labute approximate surface area is 177 Å². The highest BCUT2D eigenvalue weighted by molar-refractivity contribution is 6.44. The largest absolute Gasteiger partial charge is 0.339 e. The number of hydrogen-bond donors (Lipinski definition) is 1. The van der Waals surface area contributed by atoms with Gasteiger partial charge in [-0.1, -0.05) is 52.5 Å². The van der Waals surface area contributed by atoms with E-state index >= 15 is 0 Å². The average Bonchev–Trinajstić information content (AvgIpc) is 2.65. The van der Waals surface area contributed by atoms with E-state index in [-0.39, 0.29) is 17.7 Å². The van der Waals surface area contributed by atoms with E-state index in [1.807, 2.05) is 0 Å². The van der Waals surface area contributed by atoms with Crippen LogP contribution in [0.25, 0.3) is 0 Å². The molecule has 0 aliphatic carbocycles. The first-order valence-electron chi connectivity index (χ1n) is 8.35. The van der Waals surface area contributed by atoms with Crippen molar-refractivity contribution in [1.82, 2.24) is 4.90 Å². The van der Waals surface area contributed by atoms with E-state index in [9.17, 15) is 9.59 Å². The Kier molecular flexibility index (Phi) is 6.53. The minimum Gasteiger partial charge on any atom is -0.339 e. The van der Waals surface area contributed by atoms with Crippen molar-refractivity contribution in [3.8, 4) is 0 Å². The van der Waals surface area contributed by atoms with Crippen molar-refractivity contribution in [2.75, 3.05) is 18.4 Å². The third kappa shape index (κ3) is 4.88. The van der Waals surface area contributed by atoms with Crippen molar-refractivity contribution in [3.05, 3.63) is 62.1 Å². The Balaban J connectivity index is 1.59. The molecule has 3 rings (SSSR count). The smallest absolute Gasteiger partial charge is 0.253 e. The fourth-order valence-corrected chi connectivity index (χ4v) is 3.79. The Morgan fingerprint density at radius 3 is 2.26 bits per heavy atom. The molecule has 1 saturated heterocycles. The summed E-state index contributed by atoms with van der Waals surface area (Å²) in [5.74, 6) is -0.437. The Morgan fingerprint density at radius 2 is 1.59 bits per heavy atom. The zero-order chi connectivity index (χ0) is 19.6. The topological polar surface area (TPSA) is 49.4 Å². The van der Waals surface area contributed by atoms with Gasteiger partial charge in [0.1, 0.15) is 0 Å². The van der Waals surface area contributed by atoms with Crippen molar-refractivity contribution in [2.24, 2.45) is 5.92 Å². The highest BCUT2D eigenvalue weighted by atomic mass is 35.5. The predicted molar refractivity (Wildman–Crippen MR) is 110 cm³/mol. The summed E-state index contributed by atoms with van der Waals surface area (Å²) in [6, 6.07) is 9.88. The minimum absolute atomic E-state index is 0.0797. The number of amides is 2. The molecule has 0 atom stereocenters. The molecule has 142 valence electrons. The van der Waals surface area contributed by atoms with Crippen LogP contribution in [0, 0.1) is 5.92 Å². The van der Waals surface area contributed by atoms with Crippen LogP contribution in [0.3, 0.4) is 0 Å². The second kappa shape index (κ2) is 8.70. The number of carbonyl (C=O) groups excluding carboxylic acids is 2. The summed E-state index contributed by atoms with van der Waals surface area (Å²) in [4.78, 5) is 26.8. The lowest BCUT2D eigenvalue weighted by atomic mass is 9.95. The molecular formula is C19H16Cl4N2O2. The monoisotopic (exact) mass is 444 g/mol. The van der Waals surface area contributed by atoms with E-state index in [2.05, 4.69) is 5.32 Å². The molecule has 0 aromatic heterocycles. The summed E-state index contributed by atoms with van der Waals surface area (Å²) in [6.45, 7) is 0.997. The molecule has 0 saturated carbocycles. The summed E-state index contributed by atoms with van der Waals surface area (Å²) in [5, 5.41) is 4.29. The normalized spacial score (nSPS) is 14.9. The van der Waals surface area contributed by atoms with Crippen molar-refractivity contribution in [2.45, 2.75) is 12.8 Å². The van der Waals surface area contributed by atoms with Gasteiger partial charge in [-0.25, -0.2) is 0 Å². The minimum atomic E-state index is -0.209. The highest BCUT2D eigenvalue weighted by Gasteiger charge is 2.28. The number of piperidine rings is 1. The fraction of sp³-hybridized carbons (Fsp3) is 0.263. The van der Waals surface area contributed by atoms with Crippen molar-refractivity contribution >= 4 is 63.9 Å². The van der Waals surface area contributed by atoms with Crippen molar-refractivity contribution < 1.29 is 9.59 Å². The maximum atomic E-state index is 12.6. The SMILES string of the molecule is O=C(Nc1cc(Cl)c(Cl)cc1Cl)C1CCN(C(=O)c2cccc(Cl)c2)CC1. The zero-order valence-corrected chi connectivity index (χ0v) is 17.2. The first-order chi connectivity index (χ1) is 12.8. The molecule has 0 bridgehead atoms. The molecule has 0 spiro atoms. The second-order valence-corrected chi connectivity index (χ2v) is 7.97. The molecule has 2 amide bonds. The van der Waals surface area contributed by atoms with Gasteiger partial charge in [0.2, 0.25) is 5.91 Å². The molecule has 0 radical (unpaired) electrons.